The van der Waals surface area contributed by atoms with Crippen molar-refractivity contribution in [2.24, 2.45) is 11.7 Å². The van der Waals surface area contributed by atoms with Crippen LogP contribution in [0.5, 0.6) is 0 Å². The van der Waals surface area contributed by atoms with Crippen molar-refractivity contribution >= 4 is 52.3 Å². The van der Waals surface area contributed by atoms with Crippen molar-refractivity contribution in [3.05, 3.63) is 65.2 Å². The molecule has 1 amide bonds. The summed E-state index contributed by atoms with van der Waals surface area (Å²) >= 11 is 1.70. The lowest BCUT2D eigenvalue weighted by molar-refractivity contribution is -0.122. The van der Waals surface area contributed by atoms with Gasteiger partial charge in [-0.1, -0.05) is 42.5 Å². The van der Waals surface area contributed by atoms with Crippen LogP contribution in [-0.4, -0.2) is 48.5 Å². The summed E-state index contributed by atoms with van der Waals surface area (Å²) in [5.74, 6) is 0.880. The minimum atomic E-state index is 0. The molecule has 4 rings (SSSR count). The third-order valence-electron chi connectivity index (χ3n) is 5.41. The summed E-state index contributed by atoms with van der Waals surface area (Å²) in [5, 5.41) is 4.11. The van der Waals surface area contributed by atoms with Gasteiger partial charge in [0.1, 0.15) is 0 Å². The minimum absolute atomic E-state index is 0. The molecule has 0 spiro atoms. The molecule has 2 atom stereocenters. The monoisotopic (exact) mass is 466 g/mol. The van der Waals surface area contributed by atoms with Crippen molar-refractivity contribution in [2.45, 2.75) is 12.3 Å². The van der Waals surface area contributed by atoms with Crippen LogP contribution in [0.25, 0.3) is 10.2 Å². The molecule has 0 radical (unpaired) electrons. The highest BCUT2D eigenvalue weighted by Crippen LogP contribution is 2.31. The molecule has 1 fully saturated rings. The number of nitrogens with two attached hydrogens (primary N) is 1. The predicted molar refractivity (Wildman–Crippen MR) is 129 cm³/mol. The predicted octanol–water partition coefficient (Wildman–Crippen LogP) is 3.47. The number of halogens is 2. The number of hydrogen-bond donors (Lipinski definition) is 2. The topological polar surface area (TPSA) is 71.2 Å². The highest BCUT2D eigenvalue weighted by Gasteiger charge is 2.33. The van der Waals surface area contributed by atoms with E-state index in [4.69, 9.17) is 5.73 Å². The van der Waals surface area contributed by atoms with E-state index in [9.17, 15) is 4.79 Å². The number of rotatable bonds is 7. The van der Waals surface area contributed by atoms with Gasteiger partial charge in [0.05, 0.1) is 21.8 Å². The van der Waals surface area contributed by atoms with E-state index in [0.29, 0.717) is 31.5 Å². The van der Waals surface area contributed by atoms with E-state index in [2.05, 4.69) is 45.5 Å². The molecular weight excluding hydrogens is 439 g/mol. The number of amides is 1. The van der Waals surface area contributed by atoms with Crippen molar-refractivity contribution in [3.8, 4) is 0 Å². The van der Waals surface area contributed by atoms with Crippen LogP contribution in [0.2, 0.25) is 0 Å². The molecular formula is C22H28Cl2N4OS. The van der Waals surface area contributed by atoms with Gasteiger partial charge in [-0.3, -0.25) is 9.69 Å². The average Bonchev–Trinajstić information content (AvgIpc) is 3.32. The van der Waals surface area contributed by atoms with Crippen LogP contribution in [0.15, 0.2) is 54.6 Å². The first kappa shape index (κ1) is 24.6. The summed E-state index contributed by atoms with van der Waals surface area (Å²) < 4.78 is 1.20. The van der Waals surface area contributed by atoms with Crippen LogP contribution in [0.4, 0.5) is 0 Å². The quantitative estimate of drug-likeness (QED) is 0.558. The fourth-order valence-electron chi connectivity index (χ4n) is 4.00. The lowest BCUT2D eigenvalue weighted by Crippen LogP contribution is -2.37. The molecule has 0 saturated carbocycles. The first-order valence-corrected chi connectivity index (χ1v) is 10.6. The van der Waals surface area contributed by atoms with Gasteiger partial charge in [0.15, 0.2) is 0 Å². The number of carbonyl (C=O) groups excluding carboxylic acids is 1. The first-order valence-electron chi connectivity index (χ1n) is 9.81. The number of likely N-dealkylation sites (tertiary alicyclic amines) is 1. The standard InChI is InChI=1S/C22H26N4OS.2ClH/c23-12-17-13-26(14-18(17)16-6-2-1-3-7-16)15-21(27)24-11-10-22-25-19-8-4-5-9-20(19)28-22;;/h1-9,17-18H,10-15,23H2,(H,24,27);2*1H/t17-,18+;;/m1../s1. The summed E-state index contributed by atoms with van der Waals surface area (Å²) in [4.78, 5) is 19.2. The number of nitrogens with one attached hydrogen (secondary N) is 1. The van der Waals surface area contributed by atoms with Crippen molar-refractivity contribution in [2.75, 3.05) is 32.7 Å². The molecule has 2 heterocycles. The molecule has 0 bridgehead atoms. The van der Waals surface area contributed by atoms with E-state index in [1.54, 1.807) is 11.3 Å². The number of fused-ring (bicyclic) bond motifs is 1. The third-order valence-corrected chi connectivity index (χ3v) is 6.51. The molecule has 0 unspecified atom stereocenters. The Hall–Kier alpha value is -1.70. The van der Waals surface area contributed by atoms with Crippen LogP contribution < -0.4 is 11.1 Å². The molecule has 1 aliphatic rings. The fraction of sp³-hybridized carbons (Fsp3) is 0.364. The maximum atomic E-state index is 12.4. The highest BCUT2D eigenvalue weighted by atomic mass is 35.5. The minimum Gasteiger partial charge on any atom is -0.355 e. The summed E-state index contributed by atoms with van der Waals surface area (Å²) in [6, 6.07) is 18.6. The normalized spacial score (nSPS) is 18.6. The Balaban J connectivity index is 0.00000160. The number of hydrogen-bond acceptors (Lipinski definition) is 5. The Morgan fingerprint density at radius 3 is 2.57 bits per heavy atom. The van der Waals surface area contributed by atoms with Crippen LogP contribution in [0.1, 0.15) is 16.5 Å². The van der Waals surface area contributed by atoms with Gasteiger partial charge in [0, 0.05) is 32.0 Å². The summed E-state index contributed by atoms with van der Waals surface area (Å²) in [5.41, 5.74) is 8.35. The molecule has 1 aromatic heterocycles. The molecule has 1 aliphatic heterocycles. The molecule has 30 heavy (non-hydrogen) atoms. The van der Waals surface area contributed by atoms with Gasteiger partial charge in [-0.2, -0.15) is 0 Å². The summed E-state index contributed by atoms with van der Waals surface area (Å²) in [6.45, 7) is 3.46. The Morgan fingerprint density at radius 2 is 1.83 bits per heavy atom. The van der Waals surface area contributed by atoms with Gasteiger partial charge in [-0.25, -0.2) is 4.98 Å². The van der Waals surface area contributed by atoms with Gasteiger partial charge < -0.3 is 11.1 Å². The lowest BCUT2D eigenvalue weighted by atomic mass is 9.89. The number of benzene rings is 2. The second-order valence-corrected chi connectivity index (χ2v) is 8.50. The van der Waals surface area contributed by atoms with Crippen LogP contribution >= 0.6 is 36.2 Å². The average molecular weight is 467 g/mol. The van der Waals surface area contributed by atoms with Gasteiger partial charge >= 0.3 is 0 Å². The second kappa shape index (κ2) is 11.6. The highest BCUT2D eigenvalue weighted by molar-refractivity contribution is 7.18. The number of aromatic nitrogens is 1. The third kappa shape index (κ3) is 5.93. The van der Waals surface area contributed by atoms with Crippen molar-refractivity contribution < 1.29 is 4.79 Å². The first-order chi connectivity index (χ1) is 13.7. The Bertz CT molecular complexity index is 904. The van der Waals surface area contributed by atoms with Crippen LogP contribution in [0, 0.1) is 5.92 Å². The Morgan fingerprint density at radius 1 is 1.10 bits per heavy atom. The van der Waals surface area contributed by atoms with E-state index in [0.717, 1.165) is 30.0 Å². The van der Waals surface area contributed by atoms with E-state index < -0.39 is 0 Å². The molecule has 162 valence electrons. The number of nitrogens with zero attached hydrogens (tertiary/aromatic N) is 2. The van der Waals surface area contributed by atoms with E-state index in [-0.39, 0.29) is 30.7 Å². The molecule has 2 aromatic carbocycles. The van der Waals surface area contributed by atoms with Crippen LogP contribution in [0.3, 0.4) is 0 Å². The Kier molecular flexibility index (Phi) is 9.52. The van der Waals surface area contributed by atoms with Crippen molar-refractivity contribution in [1.82, 2.24) is 15.2 Å². The molecule has 1 saturated heterocycles. The molecule has 0 aliphatic carbocycles. The zero-order valence-corrected chi connectivity index (χ0v) is 19.1. The SMILES string of the molecule is Cl.Cl.NC[C@@H]1CN(CC(=O)NCCc2nc3ccccc3s2)C[C@H]1c1ccccc1. The van der Waals surface area contributed by atoms with E-state index >= 15 is 0 Å². The maximum Gasteiger partial charge on any atom is 0.234 e. The zero-order valence-electron chi connectivity index (χ0n) is 16.7. The lowest BCUT2D eigenvalue weighted by Gasteiger charge is -2.16. The Labute approximate surface area is 193 Å². The zero-order chi connectivity index (χ0) is 19.3. The largest absolute Gasteiger partial charge is 0.355 e. The number of carbonyl (C=O) groups is 1. The smallest absolute Gasteiger partial charge is 0.234 e. The van der Waals surface area contributed by atoms with Crippen molar-refractivity contribution in [3.63, 3.8) is 0 Å². The molecule has 3 aromatic rings. The second-order valence-electron chi connectivity index (χ2n) is 7.38. The van der Waals surface area contributed by atoms with Gasteiger partial charge in [0.2, 0.25) is 5.91 Å². The number of thiazole rings is 1. The summed E-state index contributed by atoms with van der Waals surface area (Å²) in [6.07, 6.45) is 0.767. The molecule has 5 nitrogen and oxygen atoms in total. The summed E-state index contributed by atoms with van der Waals surface area (Å²) in [7, 11) is 0. The molecule has 8 heteroatoms. The van der Waals surface area contributed by atoms with E-state index in [1.165, 1.54) is 10.3 Å². The van der Waals surface area contributed by atoms with Gasteiger partial charge in [-0.15, -0.1) is 36.2 Å². The maximum absolute atomic E-state index is 12.4. The van der Waals surface area contributed by atoms with Gasteiger partial charge in [-0.05, 0) is 30.2 Å². The fourth-order valence-corrected chi connectivity index (χ4v) is 4.97. The number of para-hydroxylation sites is 1. The molecule has 3 N–H and O–H groups in total. The van der Waals surface area contributed by atoms with Gasteiger partial charge in [0.25, 0.3) is 0 Å². The van der Waals surface area contributed by atoms with Crippen molar-refractivity contribution in [1.29, 1.82) is 0 Å². The van der Waals surface area contributed by atoms with Crippen LogP contribution in [-0.2, 0) is 11.2 Å². The van der Waals surface area contributed by atoms with E-state index in [1.807, 2.05) is 24.3 Å².